The molecule has 0 heterocycles. The molecule has 0 aliphatic heterocycles. The molecule has 0 spiro atoms. The maximum atomic E-state index is 11.5. The highest BCUT2D eigenvalue weighted by Crippen LogP contribution is 2.16. The average Bonchev–Trinajstić information content (AvgIpc) is 2.28. The summed E-state index contributed by atoms with van der Waals surface area (Å²) in [5, 5.41) is 5.58. The van der Waals surface area contributed by atoms with E-state index >= 15 is 0 Å². The van der Waals surface area contributed by atoms with Crippen LogP contribution in [0, 0.1) is 0 Å². The molecule has 88 valence electrons. The van der Waals surface area contributed by atoms with E-state index in [1.165, 1.54) is 0 Å². The van der Waals surface area contributed by atoms with Gasteiger partial charge in [0.25, 0.3) is 0 Å². The van der Waals surface area contributed by atoms with Gasteiger partial charge in [-0.1, -0.05) is 13.0 Å². The van der Waals surface area contributed by atoms with Crippen molar-refractivity contribution >= 4 is 11.7 Å². The lowest BCUT2D eigenvalue weighted by Gasteiger charge is -2.12. The zero-order valence-electron chi connectivity index (χ0n) is 9.91. The largest absolute Gasteiger partial charge is 0.497 e. The Kier molecular flexibility index (Phi) is 4.64. The number of benzene rings is 1. The highest BCUT2D eigenvalue weighted by Gasteiger charge is 2.05. The number of carbonyl (C=O) groups is 1. The second-order valence-corrected chi connectivity index (χ2v) is 3.64. The molecule has 0 aliphatic carbocycles. The van der Waals surface area contributed by atoms with Crippen molar-refractivity contribution < 1.29 is 9.53 Å². The van der Waals surface area contributed by atoms with Crippen molar-refractivity contribution in [2.75, 3.05) is 12.4 Å². The maximum Gasteiger partial charge on any atom is 0.319 e. The van der Waals surface area contributed by atoms with Crippen molar-refractivity contribution in [2.24, 2.45) is 0 Å². The van der Waals surface area contributed by atoms with Gasteiger partial charge in [-0.25, -0.2) is 4.79 Å². The molecule has 1 atom stereocenters. The van der Waals surface area contributed by atoms with Crippen LogP contribution in [0.2, 0.25) is 0 Å². The highest BCUT2D eigenvalue weighted by molar-refractivity contribution is 5.89. The van der Waals surface area contributed by atoms with Crippen LogP contribution in [0.15, 0.2) is 24.3 Å². The summed E-state index contributed by atoms with van der Waals surface area (Å²) in [7, 11) is 1.60. The molecule has 4 heteroatoms. The van der Waals surface area contributed by atoms with Crippen LogP contribution in [-0.2, 0) is 0 Å². The molecule has 1 aromatic rings. The number of ether oxygens (including phenoxy) is 1. The minimum atomic E-state index is -0.192. The number of urea groups is 1. The van der Waals surface area contributed by atoms with Crippen LogP contribution < -0.4 is 15.4 Å². The van der Waals surface area contributed by atoms with Crippen molar-refractivity contribution in [3.8, 4) is 5.75 Å². The van der Waals surface area contributed by atoms with Crippen molar-refractivity contribution in [1.29, 1.82) is 0 Å². The van der Waals surface area contributed by atoms with Crippen LogP contribution in [0.25, 0.3) is 0 Å². The predicted octanol–water partition coefficient (Wildman–Crippen LogP) is 2.62. The Balaban J connectivity index is 2.55. The minimum absolute atomic E-state index is 0.172. The van der Waals surface area contributed by atoms with Crippen molar-refractivity contribution in [2.45, 2.75) is 26.3 Å². The molecule has 0 fully saturated rings. The van der Waals surface area contributed by atoms with E-state index in [1.807, 2.05) is 32.0 Å². The summed E-state index contributed by atoms with van der Waals surface area (Å²) in [6.07, 6.45) is 0.908. The first kappa shape index (κ1) is 12.4. The fraction of sp³-hybridized carbons (Fsp3) is 0.417. The summed E-state index contributed by atoms with van der Waals surface area (Å²) < 4.78 is 5.07. The lowest BCUT2D eigenvalue weighted by Crippen LogP contribution is -2.35. The third-order valence-electron chi connectivity index (χ3n) is 2.32. The van der Waals surface area contributed by atoms with Crippen LogP contribution in [0.4, 0.5) is 10.5 Å². The van der Waals surface area contributed by atoms with Gasteiger partial charge in [0.2, 0.25) is 0 Å². The van der Waals surface area contributed by atoms with E-state index in [1.54, 1.807) is 13.2 Å². The van der Waals surface area contributed by atoms with Gasteiger partial charge in [-0.15, -0.1) is 0 Å². The molecule has 2 N–H and O–H groups in total. The second-order valence-electron chi connectivity index (χ2n) is 3.64. The molecule has 1 rings (SSSR count). The number of nitrogens with one attached hydrogen (secondary N) is 2. The van der Waals surface area contributed by atoms with Crippen molar-refractivity contribution in [1.82, 2.24) is 5.32 Å². The van der Waals surface area contributed by atoms with Crippen LogP contribution in [0.1, 0.15) is 20.3 Å². The molecule has 0 aromatic heterocycles. The standard InChI is InChI=1S/C12H18N2O2/c1-4-9(2)13-12(15)14-10-6-5-7-11(8-10)16-3/h5-9H,4H2,1-3H3,(H2,13,14,15)/t9-/m0/s1. The first-order valence-electron chi connectivity index (χ1n) is 5.37. The first-order chi connectivity index (χ1) is 7.65. The second kappa shape index (κ2) is 6.00. The Morgan fingerprint density at radius 2 is 2.25 bits per heavy atom. The number of hydrogen-bond acceptors (Lipinski definition) is 2. The zero-order valence-corrected chi connectivity index (χ0v) is 9.91. The lowest BCUT2D eigenvalue weighted by molar-refractivity contribution is 0.249. The summed E-state index contributed by atoms with van der Waals surface area (Å²) in [5.41, 5.74) is 0.722. The normalized spacial score (nSPS) is 11.7. The van der Waals surface area contributed by atoms with E-state index in [4.69, 9.17) is 4.74 Å². The maximum absolute atomic E-state index is 11.5. The third-order valence-corrected chi connectivity index (χ3v) is 2.32. The van der Waals surface area contributed by atoms with E-state index in [0.29, 0.717) is 0 Å². The topological polar surface area (TPSA) is 50.4 Å². The average molecular weight is 222 g/mol. The fourth-order valence-electron chi connectivity index (χ4n) is 1.19. The highest BCUT2D eigenvalue weighted by atomic mass is 16.5. The molecule has 0 radical (unpaired) electrons. The number of amides is 2. The van der Waals surface area contributed by atoms with Gasteiger partial charge in [0.1, 0.15) is 5.75 Å². The molecular weight excluding hydrogens is 204 g/mol. The van der Waals surface area contributed by atoms with Gasteiger partial charge in [-0.3, -0.25) is 0 Å². The molecule has 0 saturated carbocycles. The fourth-order valence-corrected chi connectivity index (χ4v) is 1.19. The summed E-state index contributed by atoms with van der Waals surface area (Å²) in [6.45, 7) is 3.99. The van der Waals surface area contributed by atoms with Gasteiger partial charge in [0, 0.05) is 17.8 Å². The molecule has 1 aromatic carbocycles. The predicted molar refractivity (Wildman–Crippen MR) is 64.9 cm³/mol. The van der Waals surface area contributed by atoms with E-state index in [0.717, 1.165) is 17.9 Å². The molecule has 0 bridgehead atoms. The summed E-state index contributed by atoms with van der Waals surface area (Å²) >= 11 is 0. The molecule has 0 saturated heterocycles. The van der Waals surface area contributed by atoms with Gasteiger partial charge in [0.05, 0.1) is 7.11 Å². The van der Waals surface area contributed by atoms with E-state index in [2.05, 4.69) is 10.6 Å². The Bertz CT molecular complexity index is 353. The Hall–Kier alpha value is -1.71. The van der Waals surface area contributed by atoms with E-state index < -0.39 is 0 Å². The molecule has 0 aliphatic rings. The molecule has 4 nitrogen and oxygen atoms in total. The van der Waals surface area contributed by atoms with Gasteiger partial charge < -0.3 is 15.4 Å². The molecular formula is C12H18N2O2. The summed E-state index contributed by atoms with van der Waals surface area (Å²) in [4.78, 5) is 11.5. The van der Waals surface area contributed by atoms with Crippen LogP contribution >= 0.6 is 0 Å². The van der Waals surface area contributed by atoms with Crippen LogP contribution in [0.5, 0.6) is 5.75 Å². The van der Waals surface area contributed by atoms with Crippen LogP contribution in [-0.4, -0.2) is 19.2 Å². The van der Waals surface area contributed by atoms with E-state index in [9.17, 15) is 4.79 Å². The Labute approximate surface area is 96.0 Å². The Morgan fingerprint density at radius 3 is 2.88 bits per heavy atom. The SMILES string of the molecule is CC[C@H](C)NC(=O)Nc1cccc(OC)c1. The molecule has 16 heavy (non-hydrogen) atoms. The zero-order chi connectivity index (χ0) is 12.0. The van der Waals surface area contributed by atoms with Crippen LogP contribution in [0.3, 0.4) is 0 Å². The van der Waals surface area contributed by atoms with E-state index in [-0.39, 0.29) is 12.1 Å². The lowest BCUT2D eigenvalue weighted by atomic mass is 10.2. The van der Waals surface area contributed by atoms with Crippen molar-refractivity contribution in [3.63, 3.8) is 0 Å². The van der Waals surface area contributed by atoms with Crippen molar-refractivity contribution in [3.05, 3.63) is 24.3 Å². The molecule has 2 amide bonds. The first-order valence-corrected chi connectivity index (χ1v) is 5.37. The number of carbonyl (C=O) groups excluding carboxylic acids is 1. The summed E-state index contributed by atoms with van der Waals surface area (Å²) in [6, 6.07) is 7.23. The summed E-state index contributed by atoms with van der Waals surface area (Å²) in [5.74, 6) is 0.723. The van der Waals surface area contributed by atoms with Gasteiger partial charge in [-0.05, 0) is 25.5 Å². The monoisotopic (exact) mass is 222 g/mol. The third kappa shape index (κ3) is 3.81. The van der Waals surface area contributed by atoms with Gasteiger partial charge in [0.15, 0.2) is 0 Å². The minimum Gasteiger partial charge on any atom is -0.497 e. The van der Waals surface area contributed by atoms with Gasteiger partial charge in [-0.2, -0.15) is 0 Å². The smallest absolute Gasteiger partial charge is 0.319 e. The Morgan fingerprint density at radius 1 is 1.50 bits per heavy atom. The molecule has 0 unspecified atom stereocenters. The number of anilines is 1. The number of hydrogen-bond donors (Lipinski definition) is 2. The number of methoxy groups -OCH3 is 1. The number of rotatable bonds is 4. The quantitative estimate of drug-likeness (QED) is 0.822. The van der Waals surface area contributed by atoms with Gasteiger partial charge >= 0.3 is 6.03 Å².